The smallest absolute Gasteiger partial charge is 0.233 e. The molecule has 16 heavy (non-hydrogen) atoms. The molecule has 0 saturated carbocycles. The Bertz CT molecular complexity index is 367. The topological polar surface area (TPSA) is 33.2 Å². The zero-order valence-corrected chi connectivity index (χ0v) is 10.4. The van der Waals surface area contributed by atoms with Crippen molar-refractivity contribution in [3.63, 3.8) is 0 Å². The molecule has 3 nitrogen and oxygen atoms in total. The molecule has 0 N–H and O–H groups in total. The highest BCUT2D eigenvalue weighted by atomic mass is 32.2. The molecule has 2 rings (SSSR count). The van der Waals surface area contributed by atoms with Crippen molar-refractivity contribution in [2.75, 3.05) is 12.3 Å². The molecular weight excluding hydrogens is 220 g/mol. The number of hydrogen-bond acceptors (Lipinski definition) is 3. The van der Waals surface area contributed by atoms with Crippen LogP contribution >= 0.6 is 11.8 Å². The lowest BCUT2D eigenvalue weighted by Crippen LogP contribution is -2.31. The van der Waals surface area contributed by atoms with Crippen molar-refractivity contribution in [3.8, 4) is 0 Å². The Morgan fingerprint density at radius 2 is 2.44 bits per heavy atom. The van der Waals surface area contributed by atoms with Crippen LogP contribution in [0.1, 0.15) is 24.8 Å². The van der Waals surface area contributed by atoms with E-state index < -0.39 is 0 Å². The predicted molar refractivity (Wildman–Crippen MR) is 66.0 cm³/mol. The van der Waals surface area contributed by atoms with Crippen LogP contribution in [-0.2, 0) is 4.79 Å². The second-order valence-corrected chi connectivity index (χ2v) is 5.46. The van der Waals surface area contributed by atoms with Gasteiger partial charge in [0.2, 0.25) is 5.91 Å². The fourth-order valence-corrected chi connectivity index (χ4v) is 3.02. The van der Waals surface area contributed by atoms with Gasteiger partial charge in [-0.25, -0.2) is 0 Å². The molecule has 1 aliphatic heterocycles. The first-order valence-electron chi connectivity index (χ1n) is 5.49. The number of pyridine rings is 1. The van der Waals surface area contributed by atoms with Gasteiger partial charge in [0.15, 0.2) is 0 Å². The maximum absolute atomic E-state index is 11.8. The van der Waals surface area contributed by atoms with E-state index in [1.165, 1.54) is 0 Å². The Hall–Kier alpha value is -1.03. The first-order chi connectivity index (χ1) is 7.68. The van der Waals surface area contributed by atoms with E-state index >= 15 is 0 Å². The van der Waals surface area contributed by atoms with Crippen LogP contribution in [0.15, 0.2) is 24.5 Å². The van der Waals surface area contributed by atoms with E-state index in [2.05, 4.69) is 18.8 Å². The van der Waals surface area contributed by atoms with Gasteiger partial charge in [-0.15, -0.1) is 11.8 Å². The average Bonchev–Trinajstić information content (AvgIpc) is 2.61. The van der Waals surface area contributed by atoms with Crippen LogP contribution in [0, 0.1) is 5.92 Å². The van der Waals surface area contributed by atoms with Gasteiger partial charge in [-0.2, -0.15) is 0 Å². The lowest BCUT2D eigenvalue weighted by molar-refractivity contribution is -0.128. The standard InChI is InChI=1S/C12H16N2OS/c1-9(2)7-14-11(15)8-16-12(14)10-4-3-5-13-6-10/h3-6,9,12H,7-8H2,1-2H3. The van der Waals surface area contributed by atoms with E-state index in [1.807, 2.05) is 23.2 Å². The average molecular weight is 236 g/mol. The molecule has 1 amide bonds. The van der Waals surface area contributed by atoms with Crippen molar-refractivity contribution < 1.29 is 4.79 Å². The van der Waals surface area contributed by atoms with Crippen molar-refractivity contribution in [1.82, 2.24) is 9.88 Å². The van der Waals surface area contributed by atoms with Gasteiger partial charge in [0.1, 0.15) is 5.37 Å². The van der Waals surface area contributed by atoms with Crippen LogP contribution in [0.4, 0.5) is 0 Å². The molecule has 2 heterocycles. The van der Waals surface area contributed by atoms with Gasteiger partial charge in [-0.3, -0.25) is 9.78 Å². The number of hydrogen-bond donors (Lipinski definition) is 0. The maximum Gasteiger partial charge on any atom is 0.233 e. The van der Waals surface area contributed by atoms with Gasteiger partial charge in [0.05, 0.1) is 5.75 Å². The molecule has 1 atom stereocenters. The van der Waals surface area contributed by atoms with Crippen LogP contribution in [0.2, 0.25) is 0 Å². The number of thioether (sulfide) groups is 1. The fourth-order valence-electron chi connectivity index (χ4n) is 1.84. The molecule has 0 spiro atoms. The van der Waals surface area contributed by atoms with Crippen molar-refractivity contribution in [3.05, 3.63) is 30.1 Å². The minimum absolute atomic E-state index is 0.156. The number of rotatable bonds is 3. The van der Waals surface area contributed by atoms with Crippen LogP contribution in [0.25, 0.3) is 0 Å². The minimum atomic E-state index is 0.156. The summed E-state index contributed by atoms with van der Waals surface area (Å²) in [5.74, 6) is 1.33. The van der Waals surface area contributed by atoms with Crippen molar-refractivity contribution >= 4 is 17.7 Å². The normalized spacial score (nSPS) is 20.8. The third-order valence-corrected chi connectivity index (χ3v) is 3.76. The Labute approximate surface area is 100 Å². The summed E-state index contributed by atoms with van der Waals surface area (Å²) in [6, 6.07) is 3.96. The molecule has 0 aromatic carbocycles. The van der Waals surface area contributed by atoms with Gasteiger partial charge in [-0.1, -0.05) is 19.9 Å². The van der Waals surface area contributed by atoms with Crippen LogP contribution in [0.5, 0.6) is 0 Å². The molecule has 0 bridgehead atoms. The van der Waals surface area contributed by atoms with E-state index in [0.717, 1.165) is 12.1 Å². The Morgan fingerprint density at radius 1 is 1.62 bits per heavy atom. The number of amides is 1. The Morgan fingerprint density at radius 3 is 3.06 bits per heavy atom. The molecule has 0 aliphatic carbocycles. The van der Waals surface area contributed by atoms with Crippen molar-refractivity contribution in [2.24, 2.45) is 5.92 Å². The number of nitrogens with zero attached hydrogens (tertiary/aromatic N) is 2. The lowest BCUT2D eigenvalue weighted by atomic mass is 10.2. The molecule has 1 aromatic rings. The van der Waals surface area contributed by atoms with Crippen molar-refractivity contribution in [1.29, 1.82) is 0 Å². The van der Waals surface area contributed by atoms with Gasteiger partial charge in [-0.05, 0) is 12.0 Å². The minimum Gasteiger partial charge on any atom is -0.326 e. The zero-order valence-electron chi connectivity index (χ0n) is 9.59. The highest BCUT2D eigenvalue weighted by Gasteiger charge is 2.32. The summed E-state index contributed by atoms with van der Waals surface area (Å²) in [5, 5.41) is 0.156. The molecule has 1 fully saturated rings. The van der Waals surface area contributed by atoms with E-state index in [4.69, 9.17) is 0 Å². The number of carbonyl (C=O) groups excluding carboxylic acids is 1. The summed E-state index contributed by atoms with van der Waals surface area (Å²) in [7, 11) is 0. The SMILES string of the molecule is CC(C)CN1C(=O)CSC1c1cccnc1. The quantitative estimate of drug-likeness (QED) is 0.807. The molecule has 1 unspecified atom stereocenters. The number of aromatic nitrogens is 1. The first kappa shape index (κ1) is 11.5. The molecule has 1 aromatic heterocycles. The van der Waals surface area contributed by atoms with Gasteiger partial charge >= 0.3 is 0 Å². The van der Waals surface area contributed by atoms with E-state index in [0.29, 0.717) is 11.7 Å². The van der Waals surface area contributed by atoms with Crippen molar-refractivity contribution in [2.45, 2.75) is 19.2 Å². The fraction of sp³-hybridized carbons (Fsp3) is 0.500. The number of carbonyl (C=O) groups is 1. The highest BCUT2D eigenvalue weighted by Crippen LogP contribution is 2.38. The van der Waals surface area contributed by atoms with Gasteiger partial charge in [0.25, 0.3) is 0 Å². The van der Waals surface area contributed by atoms with Crippen LogP contribution < -0.4 is 0 Å². The summed E-state index contributed by atoms with van der Waals surface area (Å²) in [6.07, 6.45) is 3.61. The lowest BCUT2D eigenvalue weighted by Gasteiger charge is -2.25. The molecule has 4 heteroatoms. The van der Waals surface area contributed by atoms with E-state index in [-0.39, 0.29) is 11.3 Å². The zero-order chi connectivity index (χ0) is 11.5. The Balaban J connectivity index is 2.18. The summed E-state index contributed by atoms with van der Waals surface area (Å²) in [6.45, 7) is 5.10. The molecule has 1 aliphatic rings. The monoisotopic (exact) mass is 236 g/mol. The third-order valence-electron chi connectivity index (χ3n) is 2.50. The molecule has 0 radical (unpaired) electrons. The summed E-state index contributed by atoms with van der Waals surface area (Å²) in [4.78, 5) is 17.9. The van der Waals surface area contributed by atoms with Gasteiger partial charge in [0, 0.05) is 24.5 Å². The second kappa shape index (κ2) is 4.87. The van der Waals surface area contributed by atoms with Gasteiger partial charge < -0.3 is 4.90 Å². The highest BCUT2D eigenvalue weighted by molar-refractivity contribution is 8.00. The third kappa shape index (κ3) is 2.38. The van der Waals surface area contributed by atoms with E-state index in [9.17, 15) is 4.79 Å². The summed E-state index contributed by atoms with van der Waals surface area (Å²) >= 11 is 1.69. The largest absolute Gasteiger partial charge is 0.326 e. The predicted octanol–water partition coefficient (Wildman–Crippen LogP) is 2.31. The first-order valence-corrected chi connectivity index (χ1v) is 6.54. The van der Waals surface area contributed by atoms with Crippen LogP contribution in [-0.4, -0.2) is 28.1 Å². The Kier molecular flexibility index (Phi) is 3.49. The van der Waals surface area contributed by atoms with E-state index in [1.54, 1.807) is 18.0 Å². The van der Waals surface area contributed by atoms with Crippen LogP contribution in [0.3, 0.4) is 0 Å². The maximum atomic E-state index is 11.8. The second-order valence-electron chi connectivity index (χ2n) is 4.39. The molecule has 86 valence electrons. The summed E-state index contributed by atoms with van der Waals surface area (Å²) in [5.41, 5.74) is 1.12. The summed E-state index contributed by atoms with van der Waals surface area (Å²) < 4.78 is 0. The molecule has 1 saturated heterocycles. The molecular formula is C12H16N2OS.